The third kappa shape index (κ3) is 3.36. The number of ether oxygens (including phenoxy) is 1. The van der Waals surface area contributed by atoms with Crippen molar-refractivity contribution < 1.29 is 4.74 Å². The van der Waals surface area contributed by atoms with Gasteiger partial charge in [0.25, 0.3) is 0 Å². The van der Waals surface area contributed by atoms with Crippen molar-refractivity contribution in [2.75, 3.05) is 38.1 Å². The van der Waals surface area contributed by atoms with Gasteiger partial charge in [0, 0.05) is 19.6 Å². The number of nitrogens with zero attached hydrogens (tertiary/aromatic N) is 4. The summed E-state index contributed by atoms with van der Waals surface area (Å²) in [6.07, 6.45) is 0.198. The van der Waals surface area contributed by atoms with Gasteiger partial charge in [0.1, 0.15) is 0 Å². The molecule has 0 saturated carbocycles. The summed E-state index contributed by atoms with van der Waals surface area (Å²) in [5, 5.41) is 11.3. The van der Waals surface area contributed by atoms with Gasteiger partial charge in [-0.05, 0) is 20.4 Å². The van der Waals surface area contributed by atoms with Crippen molar-refractivity contribution in [2.45, 2.75) is 26.9 Å². The molecular formula is C12H21N5O. The molecule has 2 heterocycles. The molecule has 100 valence electrons. The standard InChI is InChI=1S/C12H21N5O/c1-4-17-5-6-18-11(8-17)7-13-12-14-9(2)10(3)15-16-12/h11H,4-8H2,1-3H3,(H,13,14,16). The molecule has 18 heavy (non-hydrogen) atoms. The third-order valence-corrected chi connectivity index (χ3v) is 3.25. The van der Waals surface area contributed by atoms with Crippen molar-refractivity contribution in [3.05, 3.63) is 11.4 Å². The van der Waals surface area contributed by atoms with Gasteiger partial charge in [-0.15, -0.1) is 5.10 Å². The third-order valence-electron chi connectivity index (χ3n) is 3.25. The average Bonchev–Trinajstić information content (AvgIpc) is 2.40. The summed E-state index contributed by atoms with van der Waals surface area (Å²) in [7, 11) is 0. The van der Waals surface area contributed by atoms with E-state index < -0.39 is 0 Å². The molecule has 0 aromatic carbocycles. The maximum absolute atomic E-state index is 5.71. The van der Waals surface area contributed by atoms with Crippen LogP contribution < -0.4 is 5.32 Å². The highest BCUT2D eigenvalue weighted by molar-refractivity contribution is 5.24. The molecule has 1 aromatic rings. The molecule has 6 nitrogen and oxygen atoms in total. The van der Waals surface area contributed by atoms with E-state index in [0.29, 0.717) is 5.95 Å². The highest BCUT2D eigenvalue weighted by Gasteiger charge is 2.19. The van der Waals surface area contributed by atoms with Crippen molar-refractivity contribution in [2.24, 2.45) is 0 Å². The van der Waals surface area contributed by atoms with Gasteiger partial charge in [0.2, 0.25) is 5.95 Å². The zero-order chi connectivity index (χ0) is 13.0. The number of likely N-dealkylation sites (N-methyl/N-ethyl adjacent to an activating group) is 1. The Hall–Kier alpha value is -1.27. The fourth-order valence-electron chi connectivity index (χ4n) is 1.93. The molecule has 1 aliphatic heterocycles. The van der Waals surface area contributed by atoms with E-state index in [0.717, 1.165) is 44.2 Å². The highest BCUT2D eigenvalue weighted by Crippen LogP contribution is 2.06. The second kappa shape index (κ2) is 6.06. The Kier molecular flexibility index (Phi) is 4.43. The quantitative estimate of drug-likeness (QED) is 0.846. The number of anilines is 1. The van der Waals surface area contributed by atoms with Crippen LogP contribution in [0.15, 0.2) is 0 Å². The van der Waals surface area contributed by atoms with Crippen LogP contribution in [0.2, 0.25) is 0 Å². The van der Waals surface area contributed by atoms with Crippen LogP contribution in [0.4, 0.5) is 5.95 Å². The molecule has 1 N–H and O–H groups in total. The lowest BCUT2D eigenvalue weighted by Gasteiger charge is -2.32. The molecule has 1 aromatic heterocycles. The molecule has 1 saturated heterocycles. The topological polar surface area (TPSA) is 63.2 Å². The first-order chi connectivity index (χ1) is 8.69. The van der Waals surface area contributed by atoms with Crippen molar-refractivity contribution in [1.82, 2.24) is 20.1 Å². The summed E-state index contributed by atoms with van der Waals surface area (Å²) in [5.41, 5.74) is 1.78. The fraction of sp³-hybridized carbons (Fsp3) is 0.750. The van der Waals surface area contributed by atoms with Crippen LogP contribution in [0.25, 0.3) is 0 Å². The first-order valence-electron chi connectivity index (χ1n) is 6.44. The second-order valence-corrected chi connectivity index (χ2v) is 4.57. The number of hydrogen-bond acceptors (Lipinski definition) is 6. The molecule has 0 bridgehead atoms. The number of hydrogen-bond donors (Lipinski definition) is 1. The predicted molar refractivity (Wildman–Crippen MR) is 69.6 cm³/mol. The summed E-state index contributed by atoms with van der Waals surface area (Å²) in [6.45, 7) is 10.6. The number of aromatic nitrogens is 3. The normalized spacial score (nSPS) is 20.9. The van der Waals surface area contributed by atoms with Gasteiger partial charge in [-0.1, -0.05) is 6.92 Å². The average molecular weight is 251 g/mol. The van der Waals surface area contributed by atoms with Gasteiger partial charge in [0.15, 0.2) is 0 Å². The van der Waals surface area contributed by atoms with Crippen LogP contribution in [-0.4, -0.2) is 59.0 Å². The van der Waals surface area contributed by atoms with Gasteiger partial charge in [-0.25, -0.2) is 4.98 Å². The Morgan fingerprint density at radius 1 is 1.33 bits per heavy atom. The van der Waals surface area contributed by atoms with Crippen molar-refractivity contribution in [1.29, 1.82) is 0 Å². The minimum atomic E-state index is 0.198. The molecule has 0 aliphatic carbocycles. The van der Waals surface area contributed by atoms with E-state index in [1.54, 1.807) is 0 Å². The number of nitrogens with one attached hydrogen (secondary N) is 1. The van der Waals surface area contributed by atoms with E-state index in [9.17, 15) is 0 Å². The molecule has 0 spiro atoms. The van der Waals surface area contributed by atoms with E-state index in [1.807, 2.05) is 13.8 Å². The molecule has 0 radical (unpaired) electrons. The lowest BCUT2D eigenvalue weighted by molar-refractivity contribution is -0.0192. The van der Waals surface area contributed by atoms with Gasteiger partial charge < -0.3 is 10.1 Å². The van der Waals surface area contributed by atoms with Crippen molar-refractivity contribution >= 4 is 5.95 Å². The van der Waals surface area contributed by atoms with Crippen molar-refractivity contribution in [3.63, 3.8) is 0 Å². The molecule has 1 fully saturated rings. The van der Waals surface area contributed by atoms with Crippen LogP contribution in [0.5, 0.6) is 0 Å². The number of aryl methyl sites for hydroxylation is 2. The predicted octanol–water partition coefficient (Wildman–Crippen LogP) is 0.621. The Labute approximate surface area is 108 Å². The summed E-state index contributed by atoms with van der Waals surface area (Å²) < 4.78 is 5.71. The van der Waals surface area contributed by atoms with E-state index in [4.69, 9.17) is 4.74 Å². The van der Waals surface area contributed by atoms with Crippen LogP contribution in [0, 0.1) is 13.8 Å². The Morgan fingerprint density at radius 2 is 2.17 bits per heavy atom. The fourth-order valence-corrected chi connectivity index (χ4v) is 1.93. The van der Waals surface area contributed by atoms with E-state index in [2.05, 4.69) is 32.3 Å². The SMILES string of the molecule is CCN1CCOC(CNc2nnc(C)c(C)n2)C1. The minimum Gasteiger partial charge on any atom is -0.374 e. The largest absolute Gasteiger partial charge is 0.374 e. The van der Waals surface area contributed by atoms with E-state index in [1.165, 1.54) is 0 Å². The lowest BCUT2D eigenvalue weighted by atomic mass is 10.2. The van der Waals surface area contributed by atoms with Crippen LogP contribution in [-0.2, 0) is 4.74 Å². The van der Waals surface area contributed by atoms with Crippen LogP contribution in [0.1, 0.15) is 18.3 Å². The van der Waals surface area contributed by atoms with Crippen LogP contribution in [0.3, 0.4) is 0 Å². The smallest absolute Gasteiger partial charge is 0.243 e. The van der Waals surface area contributed by atoms with E-state index in [-0.39, 0.29) is 6.10 Å². The summed E-state index contributed by atoms with van der Waals surface area (Å²) in [4.78, 5) is 6.73. The van der Waals surface area contributed by atoms with Gasteiger partial charge >= 0.3 is 0 Å². The summed E-state index contributed by atoms with van der Waals surface area (Å²) >= 11 is 0. The Morgan fingerprint density at radius 3 is 2.89 bits per heavy atom. The maximum atomic E-state index is 5.71. The summed E-state index contributed by atoms with van der Waals surface area (Å²) in [5.74, 6) is 0.579. The zero-order valence-corrected chi connectivity index (χ0v) is 11.3. The first-order valence-corrected chi connectivity index (χ1v) is 6.44. The van der Waals surface area contributed by atoms with Gasteiger partial charge in [-0.3, -0.25) is 4.90 Å². The van der Waals surface area contributed by atoms with Crippen molar-refractivity contribution in [3.8, 4) is 0 Å². The Bertz CT molecular complexity index is 398. The lowest BCUT2D eigenvalue weighted by Crippen LogP contribution is -2.45. The molecule has 6 heteroatoms. The molecular weight excluding hydrogens is 230 g/mol. The first kappa shape index (κ1) is 13.2. The molecule has 0 amide bonds. The molecule has 1 aliphatic rings. The second-order valence-electron chi connectivity index (χ2n) is 4.57. The minimum absolute atomic E-state index is 0.198. The monoisotopic (exact) mass is 251 g/mol. The molecule has 2 rings (SSSR count). The summed E-state index contributed by atoms with van der Waals surface area (Å²) in [6, 6.07) is 0. The number of rotatable bonds is 4. The Balaban J connectivity index is 1.85. The maximum Gasteiger partial charge on any atom is 0.243 e. The number of morpholine rings is 1. The molecule has 1 unspecified atom stereocenters. The van der Waals surface area contributed by atoms with Gasteiger partial charge in [0.05, 0.1) is 24.1 Å². The zero-order valence-electron chi connectivity index (χ0n) is 11.3. The van der Waals surface area contributed by atoms with Gasteiger partial charge in [-0.2, -0.15) is 5.10 Å². The van der Waals surface area contributed by atoms with Crippen LogP contribution >= 0.6 is 0 Å². The molecule has 1 atom stereocenters. The van der Waals surface area contributed by atoms with E-state index >= 15 is 0 Å². The highest BCUT2D eigenvalue weighted by atomic mass is 16.5.